The lowest BCUT2D eigenvalue weighted by Gasteiger charge is -2.14. The number of aromatic amines is 1. The van der Waals surface area contributed by atoms with Crippen LogP contribution in [0, 0.1) is 0 Å². The number of ether oxygens (including phenoxy) is 2. The fourth-order valence-electron chi connectivity index (χ4n) is 2.52. The molecule has 6 heteroatoms. The highest BCUT2D eigenvalue weighted by molar-refractivity contribution is 5.87. The van der Waals surface area contributed by atoms with Crippen LogP contribution in [-0.4, -0.2) is 22.7 Å². The molecule has 1 atom stereocenters. The first-order valence-electron chi connectivity index (χ1n) is 7.59. The molecule has 1 amide bonds. The number of hydrogen-bond acceptors (Lipinski definition) is 4. The van der Waals surface area contributed by atoms with E-state index < -0.39 is 0 Å². The van der Waals surface area contributed by atoms with Gasteiger partial charge in [0.15, 0.2) is 11.5 Å². The summed E-state index contributed by atoms with van der Waals surface area (Å²) < 4.78 is 10.7. The summed E-state index contributed by atoms with van der Waals surface area (Å²) in [5, 5.41) is 2.89. The van der Waals surface area contributed by atoms with E-state index in [2.05, 4.69) is 28.8 Å². The summed E-state index contributed by atoms with van der Waals surface area (Å²) >= 11 is 0. The first kappa shape index (κ1) is 15.1. The highest BCUT2D eigenvalue weighted by atomic mass is 16.7. The molecule has 1 aliphatic rings. The van der Waals surface area contributed by atoms with Crippen LogP contribution in [0.25, 0.3) is 11.3 Å². The van der Waals surface area contributed by atoms with Crippen molar-refractivity contribution in [2.75, 3.05) is 6.79 Å². The Balaban J connectivity index is 1.83. The number of H-pyrrole nitrogens is 1. The number of benzene rings is 1. The van der Waals surface area contributed by atoms with Crippen molar-refractivity contribution >= 4 is 5.91 Å². The molecule has 1 aromatic carbocycles. The molecule has 6 nitrogen and oxygen atoms in total. The summed E-state index contributed by atoms with van der Waals surface area (Å²) in [6.07, 6.45) is 4.76. The minimum atomic E-state index is -0.204. The van der Waals surface area contributed by atoms with Gasteiger partial charge in [0.05, 0.1) is 17.9 Å². The Hall–Kier alpha value is -2.76. The van der Waals surface area contributed by atoms with Gasteiger partial charge in [-0.3, -0.25) is 4.79 Å². The van der Waals surface area contributed by atoms with Crippen LogP contribution < -0.4 is 14.8 Å². The minimum absolute atomic E-state index is 0.159. The standard InChI is InChI=1S/C17H19N3O3/c1-3-5-12(19-16(21)4-2)17-18-9-13(20-17)11-6-7-14-15(8-11)23-10-22-14/h4,6-9,12H,2-3,5,10H2,1H3,(H,18,20)(H,19,21). The van der Waals surface area contributed by atoms with Crippen LogP contribution in [0.5, 0.6) is 11.5 Å². The van der Waals surface area contributed by atoms with Gasteiger partial charge in [0.25, 0.3) is 0 Å². The predicted molar refractivity (Wildman–Crippen MR) is 86.1 cm³/mol. The molecule has 2 heterocycles. The van der Waals surface area contributed by atoms with Gasteiger partial charge in [-0.15, -0.1) is 0 Å². The fourth-order valence-corrected chi connectivity index (χ4v) is 2.52. The van der Waals surface area contributed by atoms with E-state index in [0.717, 1.165) is 41.4 Å². The van der Waals surface area contributed by atoms with Crippen molar-refractivity contribution in [3.63, 3.8) is 0 Å². The van der Waals surface area contributed by atoms with E-state index in [1.54, 1.807) is 6.20 Å². The van der Waals surface area contributed by atoms with Gasteiger partial charge in [0, 0.05) is 5.56 Å². The number of aromatic nitrogens is 2. The maximum absolute atomic E-state index is 11.6. The number of hydrogen-bond donors (Lipinski definition) is 2. The maximum Gasteiger partial charge on any atom is 0.243 e. The van der Waals surface area contributed by atoms with E-state index in [0.29, 0.717) is 0 Å². The van der Waals surface area contributed by atoms with Crippen molar-refractivity contribution in [2.24, 2.45) is 0 Å². The summed E-state index contributed by atoms with van der Waals surface area (Å²) in [5.41, 5.74) is 1.82. The molecule has 0 saturated heterocycles. The summed E-state index contributed by atoms with van der Waals surface area (Å²) in [6.45, 7) is 5.80. The van der Waals surface area contributed by atoms with Gasteiger partial charge >= 0.3 is 0 Å². The lowest BCUT2D eigenvalue weighted by molar-refractivity contribution is -0.117. The molecule has 1 unspecified atom stereocenters. The SMILES string of the molecule is C=CC(=O)NC(CCC)c1ncc(-c2ccc3c(c2)OCO3)[nH]1. The molecule has 0 spiro atoms. The molecule has 1 aliphatic heterocycles. The highest BCUT2D eigenvalue weighted by Gasteiger charge is 2.18. The average Bonchev–Trinajstić information content (AvgIpc) is 3.22. The summed E-state index contributed by atoms with van der Waals surface area (Å²) in [4.78, 5) is 19.3. The predicted octanol–water partition coefficient (Wildman–Crippen LogP) is 2.95. The number of rotatable bonds is 6. The zero-order chi connectivity index (χ0) is 16.2. The molecule has 0 saturated carbocycles. The van der Waals surface area contributed by atoms with E-state index in [1.165, 1.54) is 6.08 Å². The third kappa shape index (κ3) is 3.21. The third-order valence-electron chi connectivity index (χ3n) is 3.69. The first-order valence-corrected chi connectivity index (χ1v) is 7.59. The molecule has 23 heavy (non-hydrogen) atoms. The van der Waals surface area contributed by atoms with E-state index in [1.807, 2.05) is 18.2 Å². The van der Waals surface area contributed by atoms with Gasteiger partial charge in [0.1, 0.15) is 5.82 Å². The van der Waals surface area contributed by atoms with E-state index >= 15 is 0 Å². The van der Waals surface area contributed by atoms with Crippen LogP contribution >= 0.6 is 0 Å². The largest absolute Gasteiger partial charge is 0.454 e. The number of imidazole rings is 1. The highest BCUT2D eigenvalue weighted by Crippen LogP contribution is 2.35. The van der Waals surface area contributed by atoms with Crippen molar-refractivity contribution < 1.29 is 14.3 Å². The van der Waals surface area contributed by atoms with Crippen molar-refractivity contribution in [2.45, 2.75) is 25.8 Å². The number of carbonyl (C=O) groups excluding carboxylic acids is 1. The van der Waals surface area contributed by atoms with Crippen LogP contribution in [0.2, 0.25) is 0 Å². The summed E-state index contributed by atoms with van der Waals surface area (Å²) in [6, 6.07) is 5.58. The second-order valence-electron chi connectivity index (χ2n) is 5.30. The minimum Gasteiger partial charge on any atom is -0.454 e. The summed E-state index contributed by atoms with van der Waals surface area (Å²) in [7, 11) is 0. The summed E-state index contributed by atoms with van der Waals surface area (Å²) in [5.74, 6) is 2.00. The van der Waals surface area contributed by atoms with Gasteiger partial charge in [-0.05, 0) is 30.7 Å². The molecule has 120 valence electrons. The smallest absolute Gasteiger partial charge is 0.243 e. The maximum atomic E-state index is 11.6. The molecule has 2 N–H and O–H groups in total. The Morgan fingerprint density at radius 2 is 2.30 bits per heavy atom. The molecule has 0 bridgehead atoms. The lowest BCUT2D eigenvalue weighted by atomic mass is 10.1. The van der Waals surface area contributed by atoms with Gasteiger partial charge < -0.3 is 19.8 Å². The molecular weight excluding hydrogens is 294 g/mol. The van der Waals surface area contributed by atoms with Gasteiger partial charge in [-0.25, -0.2) is 4.98 Å². The number of nitrogens with one attached hydrogen (secondary N) is 2. The Kier molecular flexibility index (Phi) is 4.32. The van der Waals surface area contributed by atoms with Crippen LogP contribution in [-0.2, 0) is 4.79 Å². The lowest BCUT2D eigenvalue weighted by Crippen LogP contribution is -2.27. The quantitative estimate of drug-likeness (QED) is 0.804. The van der Waals surface area contributed by atoms with E-state index in [-0.39, 0.29) is 18.7 Å². The van der Waals surface area contributed by atoms with Crippen LogP contribution in [0.15, 0.2) is 37.1 Å². The Morgan fingerprint density at radius 3 is 3.09 bits per heavy atom. The van der Waals surface area contributed by atoms with Crippen molar-refractivity contribution in [3.8, 4) is 22.8 Å². The van der Waals surface area contributed by atoms with Gasteiger partial charge in [-0.2, -0.15) is 0 Å². The second kappa shape index (κ2) is 6.56. The monoisotopic (exact) mass is 313 g/mol. The van der Waals surface area contributed by atoms with Crippen LogP contribution in [0.1, 0.15) is 31.6 Å². The topological polar surface area (TPSA) is 76.2 Å². The fraction of sp³-hybridized carbons (Fsp3) is 0.294. The normalized spacial score (nSPS) is 13.6. The van der Waals surface area contributed by atoms with E-state index in [4.69, 9.17) is 9.47 Å². The molecular formula is C17H19N3O3. The van der Waals surface area contributed by atoms with Crippen molar-refractivity contribution in [3.05, 3.63) is 42.9 Å². The Bertz CT molecular complexity index is 724. The second-order valence-corrected chi connectivity index (χ2v) is 5.30. The van der Waals surface area contributed by atoms with Gasteiger partial charge in [0.2, 0.25) is 12.7 Å². The van der Waals surface area contributed by atoms with Crippen LogP contribution in [0.3, 0.4) is 0 Å². The van der Waals surface area contributed by atoms with Gasteiger partial charge in [-0.1, -0.05) is 19.9 Å². The number of carbonyl (C=O) groups is 1. The molecule has 2 aromatic rings. The molecule has 0 radical (unpaired) electrons. The molecule has 0 fully saturated rings. The number of nitrogens with zero attached hydrogens (tertiary/aromatic N) is 1. The van der Waals surface area contributed by atoms with Crippen LogP contribution in [0.4, 0.5) is 0 Å². The number of fused-ring (bicyclic) bond motifs is 1. The molecule has 1 aromatic heterocycles. The number of amides is 1. The Morgan fingerprint density at radius 1 is 1.48 bits per heavy atom. The van der Waals surface area contributed by atoms with Crippen molar-refractivity contribution in [1.82, 2.24) is 15.3 Å². The Labute approximate surface area is 134 Å². The third-order valence-corrected chi connectivity index (χ3v) is 3.69. The van der Waals surface area contributed by atoms with E-state index in [9.17, 15) is 4.79 Å². The van der Waals surface area contributed by atoms with Crippen molar-refractivity contribution in [1.29, 1.82) is 0 Å². The molecule has 3 rings (SSSR count). The molecule has 0 aliphatic carbocycles. The average molecular weight is 313 g/mol. The zero-order valence-corrected chi connectivity index (χ0v) is 13.0. The first-order chi connectivity index (χ1) is 11.2. The zero-order valence-electron chi connectivity index (χ0n) is 13.0.